The first-order valence-corrected chi connectivity index (χ1v) is 14.5. The Morgan fingerprint density at radius 1 is 0.976 bits per heavy atom. The van der Waals surface area contributed by atoms with Gasteiger partial charge in [-0.3, -0.25) is 4.57 Å². The summed E-state index contributed by atoms with van der Waals surface area (Å²) in [4.78, 5) is 14.8. The van der Waals surface area contributed by atoms with Gasteiger partial charge in [-0.25, -0.2) is 15.0 Å². The monoisotopic (exact) mass is 552 g/mol. The van der Waals surface area contributed by atoms with Crippen LogP contribution in [0.15, 0.2) is 150 Å². The van der Waals surface area contributed by atoms with Crippen molar-refractivity contribution >= 4 is 28.3 Å². The predicted octanol–water partition coefficient (Wildman–Crippen LogP) is 9.93. The largest absolute Gasteiger partial charge is 0.293 e. The van der Waals surface area contributed by atoms with E-state index in [1.54, 1.807) is 6.20 Å². The normalized spacial score (nSPS) is 18.2. The van der Waals surface area contributed by atoms with Crippen LogP contribution < -0.4 is 0 Å². The number of benzene rings is 2. The number of nitrogens with zero attached hydrogens (tertiary/aromatic N) is 4. The van der Waals surface area contributed by atoms with Gasteiger partial charge >= 0.3 is 0 Å². The van der Waals surface area contributed by atoms with Crippen LogP contribution in [0.1, 0.15) is 39.7 Å². The fraction of sp³-hybridized carbons (Fsp3) is 0.184. The topological polar surface area (TPSA) is 42.5 Å². The second kappa shape index (κ2) is 14.7. The molecule has 0 fully saturated rings. The van der Waals surface area contributed by atoms with Gasteiger partial charge in [0, 0.05) is 34.9 Å². The molecule has 42 heavy (non-hydrogen) atoms. The molecular weight excluding hydrogens is 512 g/mol. The van der Waals surface area contributed by atoms with E-state index in [1.165, 1.54) is 0 Å². The maximum absolute atomic E-state index is 5.05. The zero-order chi connectivity index (χ0) is 29.9. The molecule has 1 aliphatic rings. The number of rotatable bonds is 10. The Bertz CT molecular complexity index is 1660. The number of amidine groups is 1. The number of imidazole rings is 1. The standard InChI is InChI=1S/C38H40N4/c1-7-12-19-32(11-5)42-36-22-16-15-21-35(36)41-38(42)31-25-23-30(24-26-31)37(39-27-9-3)40-34(17-8-2)28(6)33-20-14-13-18-29(33)10-4/h8-27,29,33H,4,6-7H2,1-3,5H3/b17-8+,19-12-,27-9+,32-11+,39-37?,40-34?. The maximum atomic E-state index is 5.05. The first-order valence-electron chi connectivity index (χ1n) is 14.5. The summed E-state index contributed by atoms with van der Waals surface area (Å²) in [5, 5.41) is 0. The van der Waals surface area contributed by atoms with Crippen LogP contribution in [0.2, 0.25) is 0 Å². The molecule has 4 heteroatoms. The number of hydrogen-bond donors (Lipinski definition) is 0. The molecule has 2 unspecified atom stereocenters. The summed E-state index contributed by atoms with van der Waals surface area (Å²) >= 11 is 0. The summed E-state index contributed by atoms with van der Waals surface area (Å²) in [6.07, 6.45) is 25.5. The summed E-state index contributed by atoms with van der Waals surface area (Å²) in [7, 11) is 0. The van der Waals surface area contributed by atoms with Crippen molar-refractivity contribution in [2.45, 2.75) is 34.1 Å². The maximum Gasteiger partial charge on any atom is 0.159 e. The molecule has 0 spiro atoms. The molecule has 4 rings (SSSR count). The number of aromatic nitrogens is 2. The van der Waals surface area contributed by atoms with Gasteiger partial charge in [-0.2, -0.15) is 0 Å². The Labute approximate surface area is 250 Å². The van der Waals surface area contributed by atoms with Crippen LogP contribution in [0.25, 0.3) is 28.1 Å². The van der Waals surface area contributed by atoms with E-state index in [0.717, 1.165) is 51.4 Å². The van der Waals surface area contributed by atoms with Crippen LogP contribution in [0, 0.1) is 11.8 Å². The van der Waals surface area contributed by atoms with Gasteiger partial charge in [-0.05, 0) is 57.0 Å². The number of fused-ring (bicyclic) bond motifs is 1. The van der Waals surface area contributed by atoms with E-state index in [0.29, 0.717) is 5.84 Å². The van der Waals surface area contributed by atoms with Crippen molar-refractivity contribution in [2.24, 2.45) is 21.8 Å². The SMILES string of the molecule is C=CC1C=CC=CC1C(=C)C(/C=C/C)=NC(=N/C=C/C)c1ccc(-c2nc3ccccc3n2C(/C=C\CC)=C/C)cc1. The Kier molecular flexibility index (Phi) is 10.5. The van der Waals surface area contributed by atoms with Gasteiger partial charge in [0.05, 0.1) is 16.7 Å². The highest BCUT2D eigenvalue weighted by molar-refractivity contribution is 6.17. The Hall–Kier alpha value is -4.83. The van der Waals surface area contributed by atoms with Crippen molar-refractivity contribution in [2.75, 3.05) is 0 Å². The fourth-order valence-corrected chi connectivity index (χ4v) is 4.96. The van der Waals surface area contributed by atoms with E-state index in [9.17, 15) is 0 Å². The van der Waals surface area contributed by atoms with Gasteiger partial charge in [-0.15, -0.1) is 6.58 Å². The molecule has 0 N–H and O–H groups in total. The van der Waals surface area contributed by atoms with Crippen LogP contribution in [-0.2, 0) is 0 Å². The van der Waals surface area contributed by atoms with Crippen LogP contribution >= 0.6 is 0 Å². The minimum atomic E-state index is 0.0864. The second-order valence-electron chi connectivity index (χ2n) is 9.93. The first-order chi connectivity index (χ1) is 20.6. The van der Waals surface area contributed by atoms with Gasteiger partial charge in [0.2, 0.25) is 0 Å². The van der Waals surface area contributed by atoms with E-state index in [-0.39, 0.29) is 11.8 Å². The number of hydrogen-bond acceptors (Lipinski definition) is 2. The minimum Gasteiger partial charge on any atom is -0.293 e. The molecule has 1 heterocycles. The van der Waals surface area contributed by atoms with E-state index >= 15 is 0 Å². The van der Waals surface area contributed by atoms with E-state index in [1.807, 2.05) is 44.2 Å². The molecule has 2 atom stereocenters. The van der Waals surface area contributed by atoms with Crippen molar-refractivity contribution < 1.29 is 0 Å². The van der Waals surface area contributed by atoms with Crippen LogP contribution in [0.5, 0.6) is 0 Å². The van der Waals surface area contributed by atoms with Crippen LogP contribution in [-0.4, -0.2) is 21.1 Å². The van der Waals surface area contributed by atoms with Gasteiger partial charge in [0.1, 0.15) is 5.82 Å². The molecule has 2 aromatic carbocycles. The average molecular weight is 553 g/mol. The highest BCUT2D eigenvalue weighted by Gasteiger charge is 2.22. The molecule has 1 aromatic heterocycles. The zero-order valence-corrected chi connectivity index (χ0v) is 25.1. The third kappa shape index (κ3) is 6.72. The van der Waals surface area contributed by atoms with Crippen LogP contribution in [0.3, 0.4) is 0 Å². The van der Waals surface area contributed by atoms with E-state index in [2.05, 4.69) is 117 Å². The highest BCUT2D eigenvalue weighted by Crippen LogP contribution is 2.30. The summed E-state index contributed by atoms with van der Waals surface area (Å²) < 4.78 is 2.22. The quantitative estimate of drug-likeness (QED) is 0.107. The lowest BCUT2D eigenvalue weighted by atomic mass is 9.81. The molecule has 0 saturated carbocycles. The Morgan fingerprint density at radius 3 is 2.43 bits per heavy atom. The average Bonchev–Trinajstić information content (AvgIpc) is 3.42. The summed E-state index contributed by atoms with van der Waals surface area (Å²) in [5.41, 5.74) is 6.76. The summed E-state index contributed by atoms with van der Waals surface area (Å²) in [6.45, 7) is 16.6. The molecule has 4 nitrogen and oxygen atoms in total. The van der Waals surface area contributed by atoms with Gasteiger partial charge < -0.3 is 0 Å². The van der Waals surface area contributed by atoms with Crippen molar-refractivity contribution in [3.8, 4) is 11.4 Å². The molecule has 0 radical (unpaired) electrons. The van der Waals surface area contributed by atoms with Crippen LogP contribution in [0.4, 0.5) is 0 Å². The van der Waals surface area contributed by atoms with Crippen molar-refractivity contribution in [3.05, 3.63) is 146 Å². The molecule has 0 saturated heterocycles. The molecular formula is C38H40N4. The predicted molar refractivity (Wildman–Crippen MR) is 183 cm³/mol. The van der Waals surface area contributed by atoms with Gasteiger partial charge in [0.15, 0.2) is 5.84 Å². The van der Waals surface area contributed by atoms with Gasteiger partial charge in [0.25, 0.3) is 0 Å². The lowest BCUT2D eigenvalue weighted by molar-refractivity contribution is 0.654. The number of allylic oxidation sites excluding steroid dienone is 13. The first kappa shape index (κ1) is 30.1. The summed E-state index contributed by atoms with van der Waals surface area (Å²) in [5.74, 6) is 1.76. The van der Waals surface area contributed by atoms with Gasteiger partial charge in [-0.1, -0.05) is 105 Å². The summed E-state index contributed by atoms with van der Waals surface area (Å²) in [6, 6.07) is 16.6. The molecule has 0 aliphatic heterocycles. The third-order valence-corrected chi connectivity index (χ3v) is 7.12. The zero-order valence-electron chi connectivity index (χ0n) is 25.1. The molecule has 0 amide bonds. The van der Waals surface area contributed by atoms with E-state index < -0.39 is 0 Å². The van der Waals surface area contributed by atoms with Crippen molar-refractivity contribution in [1.82, 2.24) is 9.55 Å². The Balaban J connectivity index is 1.77. The fourth-order valence-electron chi connectivity index (χ4n) is 4.96. The molecule has 212 valence electrons. The highest BCUT2D eigenvalue weighted by atomic mass is 15.1. The molecule has 1 aliphatic carbocycles. The Morgan fingerprint density at radius 2 is 1.74 bits per heavy atom. The number of para-hydroxylation sites is 2. The smallest absolute Gasteiger partial charge is 0.159 e. The minimum absolute atomic E-state index is 0.0864. The third-order valence-electron chi connectivity index (χ3n) is 7.12. The lowest BCUT2D eigenvalue weighted by Gasteiger charge is -2.23. The van der Waals surface area contributed by atoms with E-state index in [4.69, 9.17) is 15.0 Å². The molecule has 3 aromatic rings. The molecule has 0 bridgehead atoms. The van der Waals surface area contributed by atoms with Crippen molar-refractivity contribution in [1.29, 1.82) is 0 Å². The van der Waals surface area contributed by atoms with Crippen molar-refractivity contribution in [3.63, 3.8) is 0 Å². The second-order valence-corrected chi connectivity index (χ2v) is 9.93. The lowest BCUT2D eigenvalue weighted by Crippen LogP contribution is -2.18. The number of aliphatic imine (C=N–C) groups is 2.